The van der Waals surface area contributed by atoms with Crippen molar-refractivity contribution in [3.8, 4) is 0 Å². The number of aliphatic hydroxyl groups is 2. The Bertz CT molecular complexity index is 210. The van der Waals surface area contributed by atoms with Crippen LogP contribution in [0, 0.1) is 17.3 Å². The van der Waals surface area contributed by atoms with Crippen LogP contribution in [0.5, 0.6) is 0 Å². The third-order valence-electron chi connectivity index (χ3n) is 4.22. The summed E-state index contributed by atoms with van der Waals surface area (Å²) < 4.78 is 0. The molecule has 2 aliphatic carbocycles. The van der Waals surface area contributed by atoms with Crippen LogP contribution >= 0.6 is 0 Å². The van der Waals surface area contributed by atoms with Gasteiger partial charge in [-0.1, -0.05) is 13.8 Å². The number of rotatable bonds is 1. The van der Waals surface area contributed by atoms with Crippen LogP contribution < -0.4 is 0 Å². The minimum atomic E-state index is -0.815. The molecule has 0 amide bonds. The summed E-state index contributed by atoms with van der Waals surface area (Å²) in [5.41, 5.74) is -0.548. The van der Waals surface area contributed by atoms with E-state index in [-0.39, 0.29) is 5.41 Å². The summed E-state index contributed by atoms with van der Waals surface area (Å²) in [6.45, 7) is 6.15. The van der Waals surface area contributed by atoms with Crippen molar-refractivity contribution in [2.24, 2.45) is 17.3 Å². The minimum Gasteiger partial charge on any atom is -0.390 e. The van der Waals surface area contributed by atoms with E-state index in [2.05, 4.69) is 13.8 Å². The molecule has 2 fully saturated rings. The molecule has 4 atom stereocenters. The van der Waals surface area contributed by atoms with E-state index >= 15 is 0 Å². The van der Waals surface area contributed by atoms with Crippen molar-refractivity contribution in [1.82, 2.24) is 0 Å². The maximum absolute atomic E-state index is 9.94. The molecule has 0 aromatic carbocycles. The highest BCUT2D eigenvalue weighted by atomic mass is 16.3. The highest BCUT2D eigenvalue weighted by Gasteiger charge is 2.70. The number of fused-ring (bicyclic) bond motifs is 1. The third-order valence-corrected chi connectivity index (χ3v) is 4.22. The van der Waals surface area contributed by atoms with Gasteiger partial charge in [0.25, 0.3) is 0 Å². The predicted molar refractivity (Wildman–Crippen MR) is 46.6 cm³/mol. The van der Waals surface area contributed by atoms with Crippen LogP contribution in [0.1, 0.15) is 33.6 Å². The van der Waals surface area contributed by atoms with E-state index in [1.165, 1.54) is 0 Å². The van der Waals surface area contributed by atoms with Gasteiger partial charge in [-0.05, 0) is 37.0 Å². The maximum Gasteiger partial charge on any atom is 0.0911 e. The highest BCUT2D eigenvalue weighted by molar-refractivity contribution is 5.20. The van der Waals surface area contributed by atoms with Gasteiger partial charge >= 0.3 is 0 Å². The largest absolute Gasteiger partial charge is 0.390 e. The number of hydrogen-bond acceptors (Lipinski definition) is 2. The van der Waals surface area contributed by atoms with E-state index in [0.29, 0.717) is 11.8 Å². The molecule has 2 rings (SSSR count). The van der Waals surface area contributed by atoms with E-state index < -0.39 is 11.7 Å². The molecule has 2 aliphatic rings. The van der Waals surface area contributed by atoms with Crippen LogP contribution in [0.2, 0.25) is 0 Å². The number of aliphatic hydroxyl groups excluding tert-OH is 1. The van der Waals surface area contributed by atoms with Gasteiger partial charge in [0.1, 0.15) is 0 Å². The second-order valence-electron chi connectivity index (χ2n) is 5.09. The molecule has 0 aromatic heterocycles. The highest BCUT2D eigenvalue weighted by Crippen LogP contribution is 2.70. The van der Waals surface area contributed by atoms with Crippen molar-refractivity contribution in [3.63, 3.8) is 0 Å². The molecule has 70 valence electrons. The van der Waals surface area contributed by atoms with Crippen LogP contribution in [0.25, 0.3) is 0 Å². The van der Waals surface area contributed by atoms with Gasteiger partial charge in [-0.3, -0.25) is 0 Å². The van der Waals surface area contributed by atoms with Crippen molar-refractivity contribution >= 4 is 0 Å². The molecule has 0 heterocycles. The second-order valence-corrected chi connectivity index (χ2v) is 5.09. The fraction of sp³-hybridized carbons (Fsp3) is 1.00. The fourth-order valence-corrected chi connectivity index (χ4v) is 3.01. The van der Waals surface area contributed by atoms with Gasteiger partial charge in [-0.15, -0.1) is 0 Å². The number of hydrogen-bond donors (Lipinski definition) is 2. The fourth-order valence-electron chi connectivity index (χ4n) is 3.01. The second kappa shape index (κ2) is 2.05. The Balaban J connectivity index is 2.22. The van der Waals surface area contributed by atoms with Crippen LogP contribution in [0.4, 0.5) is 0 Å². The first-order chi connectivity index (χ1) is 5.41. The zero-order valence-corrected chi connectivity index (χ0v) is 8.04. The smallest absolute Gasteiger partial charge is 0.0911 e. The van der Waals surface area contributed by atoms with E-state index in [1.807, 2.05) is 0 Å². The average molecular weight is 170 g/mol. The molecule has 0 aliphatic heterocycles. The Morgan fingerprint density at radius 1 is 1.33 bits per heavy atom. The molecular formula is C10H18O2. The van der Waals surface area contributed by atoms with Crippen molar-refractivity contribution in [2.75, 3.05) is 0 Å². The molecule has 0 spiro atoms. The molecule has 0 unspecified atom stereocenters. The van der Waals surface area contributed by atoms with E-state index in [0.717, 1.165) is 12.8 Å². The monoisotopic (exact) mass is 170 g/mol. The van der Waals surface area contributed by atoms with Crippen molar-refractivity contribution in [3.05, 3.63) is 0 Å². The molecule has 2 heteroatoms. The zero-order chi connectivity index (χ0) is 9.15. The SMILES string of the molecule is CC(C)[C@]12C[C@@H](O)[C@@](C)(O)[C@H]1C2. The topological polar surface area (TPSA) is 40.5 Å². The normalized spacial score (nSPS) is 57.5. The molecule has 12 heavy (non-hydrogen) atoms. The Morgan fingerprint density at radius 2 is 1.92 bits per heavy atom. The van der Waals surface area contributed by atoms with Gasteiger partial charge in [-0.25, -0.2) is 0 Å². The Hall–Kier alpha value is -0.0800. The van der Waals surface area contributed by atoms with Crippen LogP contribution in [0.15, 0.2) is 0 Å². The summed E-state index contributed by atoms with van der Waals surface area (Å²) >= 11 is 0. The van der Waals surface area contributed by atoms with Crippen molar-refractivity contribution in [2.45, 2.75) is 45.3 Å². The lowest BCUT2D eigenvalue weighted by atomic mass is 9.89. The van der Waals surface area contributed by atoms with Crippen LogP contribution in [-0.4, -0.2) is 21.9 Å². The first kappa shape index (κ1) is 8.52. The third kappa shape index (κ3) is 0.775. The van der Waals surface area contributed by atoms with Gasteiger partial charge in [-0.2, -0.15) is 0 Å². The van der Waals surface area contributed by atoms with Crippen molar-refractivity contribution < 1.29 is 10.2 Å². The lowest BCUT2D eigenvalue weighted by Crippen LogP contribution is -2.37. The summed E-state index contributed by atoms with van der Waals surface area (Å²) in [4.78, 5) is 0. The van der Waals surface area contributed by atoms with Crippen LogP contribution in [0.3, 0.4) is 0 Å². The van der Waals surface area contributed by atoms with Gasteiger partial charge in [0.05, 0.1) is 11.7 Å². The Labute approximate surface area is 73.6 Å². The zero-order valence-electron chi connectivity index (χ0n) is 8.04. The average Bonchev–Trinajstić information content (AvgIpc) is 2.59. The summed E-state index contributed by atoms with van der Waals surface area (Å²) in [5.74, 6) is 0.936. The lowest BCUT2D eigenvalue weighted by molar-refractivity contribution is -0.0578. The van der Waals surface area contributed by atoms with Gasteiger partial charge in [0, 0.05) is 0 Å². The summed E-state index contributed by atoms with van der Waals surface area (Å²) in [7, 11) is 0. The summed E-state index contributed by atoms with van der Waals surface area (Å²) in [5, 5.41) is 19.6. The molecule has 2 nitrogen and oxygen atoms in total. The first-order valence-electron chi connectivity index (χ1n) is 4.81. The molecule has 2 N–H and O–H groups in total. The Kier molecular flexibility index (Phi) is 1.45. The summed E-state index contributed by atoms with van der Waals surface area (Å²) in [6, 6.07) is 0. The summed E-state index contributed by atoms with van der Waals surface area (Å²) in [6.07, 6.45) is 1.40. The van der Waals surface area contributed by atoms with E-state index in [4.69, 9.17) is 0 Å². The van der Waals surface area contributed by atoms with Crippen LogP contribution in [-0.2, 0) is 0 Å². The van der Waals surface area contributed by atoms with Gasteiger partial charge < -0.3 is 10.2 Å². The quantitative estimate of drug-likeness (QED) is 0.620. The molecule has 0 saturated heterocycles. The van der Waals surface area contributed by atoms with Crippen molar-refractivity contribution in [1.29, 1.82) is 0 Å². The standard InChI is InChI=1S/C10H18O2/c1-6(2)10-4-7(10)9(3,12)8(11)5-10/h6-8,11-12H,4-5H2,1-3H3/t7-,8-,9+,10+/m1/s1. The molecule has 0 radical (unpaired) electrons. The molecule has 2 saturated carbocycles. The van der Waals surface area contributed by atoms with Gasteiger partial charge in [0.15, 0.2) is 0 Å². The van der Waals surface area contributed by atoms with Gasteiger partial charge in [0.2, 0.25) is 0 Å². The van der Waals surface area contributed by atoms with E-state index in [9.17, 15) is 10.2 Å². The first-order valence-corrected chi connectivity index (χ1v) is 4.81. The minimum absolute atomic E-state index is 0.267. The maximum atomic E-state index is 9.94. The molecule has 0 aromatic rings. The molecular weight excluding hydrogens is 152 g/mol. The molecule has 0 bridgehead atoms. The lowest BCUT2D eigenvalue weighted by Gasteiger charge is -2.23. The Morgan fingerprint density at radius 3 is 2.17 bits per heavy atom. The predicted octanol–water partition coefficient (Wildman–Crippen LogP) is 1.16. The van der Waals surface area contributed by atoms with E-state index in [1.54, 1.807) is 6.92 Å².